The molecular formula is C25H22N4. The highest BCUT2D eigenvalue weighted by molar-refractivity contribution is 5.93. The maximum absolute atomic E-state index is 9.01. The van der Waals surface area contributed by atoms with Crippen LogP contribution >= 0.6 is 0 Å². The van der Waals surface area contributed by atoms with Gasteiger partial charge in [0.2, 0.25) is 0 Å². The Balaban J connectivity index is 1.67. The summed E-state index contributed by atoms with van der Waals surface area (Å²) < 4.78 is 0. The Morgan fingerprint density at radius 2 is 1.76 bits per heavy atom. The van der Waals surface area contributed by atoms with Crippen LogP contribution in [0.15, 0.2) is 79.1 Å². The van der Waals surface area contributed by atoms with Gasteiger partial charge in [0.25, 0.3) is 0 Å². The third-order valence-corrected chi connectivity index (χ3v) is 5.02. The zero-order valence-electron chi connectivity index (χ0n) is 16.3. The van der Waals surface area contributed by atoms with Gasteiger partial charge in [-0.2, -0.15) is 5.26 Å². The van der Waals surface area contributed by atoms with Crippen molar-refractivity contribution in [3.05, 3.63) is 84.7 Å². The molecule has 0 aliphatic rings. The Labute approximate surface area is 170 Å². The molecule has 1 atom stereocenters. The summed E-state index contributed by atoms with van der Waals surface area (Å²) in [6.07, 6.45) is 3.36. The summed E-state index contributed by atoms with van der Waals surface area (Å²) in [4.78, 5) is 8.87. The Morgan fingerprint density at radius 1 is 0.931 bits per heavy atom. The van der Waals surface area contributed by atoms with E-state index < -0.39 is 0 Å². The third kappa shape index (κ3) is 4.41. The number of anilines is 2. The fourth-order valence-corrected chi connectivity index (χ4v) is 3.35. The zero-order chi connectivity index (χ0) is 20.1. The van der Waals surface area contributed by atoms with Crippen molar-refractivity contribution in [2.24, 2.45) is 5.92 Å². The number of fused-ring (bicyclic) bond motifs is 1. The second-order valence-corrected chi connectivity index (χ2v) is 7.21. The molecule has 4 nitrogen and oxygen atoms in total. The molecule has 0 spiro atoms. The van der Waals surface area contributed by atoms with Crippen molar-refractivity contribution in [2.45, 2.75) is 19.8 Å². The quantitative estimate of drug-likeness (QED) is 0.438. The lowest BCUT2D eigenvalue weighted by molar-refractivity contribution is 0.660. The number of benzene rings is 3. The molecule has 1 heterocycles. The molecule has 0 aliphatic carbocycles. The molecule has 1 N–H and O–H groups in total. The van der Waals surface area contributed by atoms with E-state index in [4.69, 9.17) is 5.26 Å². The van der Waals surface area contributed by atoms with Crippen molar-refractivity contribution in [1.29, 1.82) is 5.26 Å². The lowest BCUT2D eigenvalue weighted by atomic mass is 9.97. The van der Waals surface area contributed by atoms with Crippen molar-refractivity contribution in [1.82, 2.24) is 9.97 Å². The SMILES string of the molecule is CC(C#N)CCc1cccc(-c2ccc3ncnc(Nc4ccccc4)c3c2)c1. The standard InChI is InChI=1S/C25H22N4/c1-18(16-26)10-11-19-6-5-7-20(14-19)21-12-13-24-23(15-21)25(28-17-27-24)29-22-8-3-2-4-9-22/h2-9,12-15,17-18H,10-11H2,1H3,(H,27,28,29). The molecule has 4 rings (SSSR count). The predicted octanol–water partition coefficient (Wildman–Crippen LogP) is 6.13. The number of rotatable bonds is 6. The van der Waals surface area contributed by atoms with Crippen LogP contribution in [0.4, 0.5) is 11.5 Å². The van der Waals surface area contributed by atoms with Crippen LogP contribution in [0.3, 0.4) is 0 Å². The van der Waals surface area contributed by atoms with E-state index in [1.165, 1.54) is 5.56 Å². The van der Waals surface area contributed by atoms with E-state index in [2.05, 4.69) is 57.8 Å². The topological polar surface area (TPSA) is 61.6 Å². The number of nitrogens with zero attached hydrogens (tertiary/aromatic N) is 3. The lowest BCUT2D eigenvalue weighted by Crippen LogP contribution is -1.96. The number of aryl methyl sites for hydroxylation is 1. The van der Waals surface area contributed by atoms with E-state index >= 15 is 0 Å². The maximum Gasteiger partial charge on any atom is 0.141 e. The van der Waals surface area contributed by atoms with Gasteiger partial charge >= 0.3 is 0 Å². The van der Waals surface area contributed by atoms with E-state index in [1.807, 2.05) is 43.3 Å². The maximum atomic E-state index is 9.01. The number of nitrogens with one attached hydrogen (secondary N) is 1. The van der Waals surface area contributed by atoms with E-state index in [9.17, 15) is 0 Å². The van der Waals surface area contributed by atoms with E-state index in [1.54, 1.807) is 6.33 Å². The van der Waals surface area contributed by atoms with Gasteiger partial charge in [-0.3, -0.25) is 0 Å². The third-order valence-electron chi connectivity index (χ3n) is 5.02. The van der Waals surface area contributed by atoms with E-state index in [-0.39, 0.29) is 5.92 Å². The summed E-state index contributed by atoms with van der Waals surface area (Å²) in [5, 5.41) is 13.4. The molecule has 4 heteroatoms. The molecule has 1 aromatic heterocycles. The molecule has 0 amide bonds. The number of hydrogen-bond donors (Lipinski definition) is 1. The van der Waals surface area contributed by atoms with Crippen molar-refractivity contribution in [3.8, 4) is 17.2 Å². The molecular weight excluding hydrogens is 356 g/mol. The van der Waals surface area contributed by atoms with Gasteiger partial charge in [0, 0.05) is 17.0 Å². The molecule has 0 saturated carbocycles. The molecule has 0 bridgehead atoms. The highest BCUT2D eigenvalue weighted by Crippen LogP contribution is 2.29. The smallest absolute Gasteiger partial charge is 0.141 e. The number of para-hydroxylation sites is 1. The van der Waals surface area contributed by atoms with Gasteiger partial charge in [-0.15, -0.1) is 0 Å². The molecule has 0 saturated heterocycles. The highest BCUT2D eigenvalue weighted by atomic mass is 15.0. The van der Waals surface area contributed by atoms with Gasteiger partial charge in [0.05, 0.1) is 11.6 Å². The van der Waals surface area contributed by atoms with Crippen molar-refractivity contribution < 1.29 is 0 Å². The molecule has 1 unspecified atom stereocenters. The number of hydrogen-bond acceptors (Lipinski definition) is 4. The van der Waals surface area contributed by atoms with Gasteiger partial charge in [-0.25, -0.2) is 9.97 Å². The summed E-state index contributed by atoms with van der Waals surface area (Å²) in [6.45, 7) is 1.97. The molecule has 3 aromatic carbocycles. The minimum Gasteiger partial charge on any atom is -0.340 e. The van der Waals surface area contributed by atoms with Crippen LogP contribution in [-0.4, -0.2) is 9.97 Å². The van der Waals surface area contributed by atoms with Crippen molar-refractivity contribution >= 4 is 22.4 Å². The van der Waals surface area contributed by atoms with Crippen LogP contribution in [0.2, 0.25) is 0 Å². The number of nitriles is 1. The van der Waals surface area contributed by atoms with Crippen LogP contribution in [0, 0.1) is 17.2 Å². The molecule has 29 heavy (non-hydrogen) atoms. The molecule has 0 radical (unpaired) electrons. The minimum absolute atomic E-state index is 0.0723. The second kappa shape index (κ2) is 8.53. The van der Waals surface area contributed by atoms with Crippen molar-refractivity contribution in [2.75, 3.05) is 5.32 Å². The Morgan fingerprint density at radius 3 is 2.59 bits per heavy atom. The van der Waals surface area contributed by atoms with Gasteiger partial charge < -0.3 is 5.32 Å². The first-order valence-electron chi connectivity index (χ1n) is 9.79. The first-order valence-corrected chi connectivity index (χ1v) is 9.79. The van der Waals surface area contributed by atoms with Crippen LogP contribution < -0.4 is 5.32 Å². The van der Waals surface area contributed by atoms with Crippen molar-refractivity contribution in [3.63, 3.8) is 0 Å². The van der Waals surface area contributed by atoms with Gasteiger partial charge in [0.15, 0.2) is 0 Å². The first-order chi connectivity index (χ1) is 14.2. The largest absolute Gasteiger partial charge is 0.340 e. The fourth-order valence-electron chi connectivity index (χ4n) is 3.35. The van der Waals surface area contributed by atoms with E-state index in [0.29, 0.717) is 0 Å². The van der Waals surface area contributed by atoms with E-state index in [0.717, 1.165) is 46.4 Å². The van der Waals surface area contributed by atoms with Crippen LogP contribution in [0.5, 0.6) is 0 Å². The minimum atomic E-state index is 0.0723. The average molecular weight is 378 g/mol. The molecule has 4 aromatic rings. The van der Waals surface area contributed by atoms with Gasteiger partial charge in [-0.1, -0.05) is 48.5 Å². The average Bonchev–Trinajstić information content (AvgIpc) is 2.78. The Bertz CT molecular complexity index is 1160. The van der Waals surface area contributed by atoms with Crippen LogP contribution in [0.1, 0.15) is 18.9 Å². The van der Waals surface area contributed by atoms with Gasteiger partial charge in [-0.05, 0) is 60.7 Å². The normalized spacial score (nSPS) is 11.7. The predicted molar refractivity (Wildman–Crippen MR) is 118 cm³/mol. The summed E-state index contributed by atoms with van der Waals surface area (Å²) in [6, 6.07) is 27.1. The molecule has 0 fully saturated rings. The lowest BCUT2D eigenvalue weighted by Gasteiger charge is -2.11. The Kier molecular flexibility index (Phi) is 5.49. The fraction of sp³-hybridized carbons (Fsp3) is 0.160. The van der Waals surface area contributed by atoms with Crippen LogP contribution in [-0.2, 0) is 6.42 Å². The molecule has 142 valence electrons. The Hall–Kier alpha value is -3.71. The summed E-state index contributed by atoms with van der Waals surface area (Å²) in [5.74, 6) is 0.866. The van der Waals surface area contributed by atoms with Gasteiger partial charge in [0.1, 0.15) is 12.1 Å². The summed E-state index contributed by atoms with van der Waals surface area (Å²) in [7, 11) is 0. The monoisotopic (exact) mass is 378 g/mol. The first kappa shape index (κ1) is 18.6. The second-order valence-electron chi connectivity index (χ2n) is 7.21. The highest BCUT2D eigenvalue weighted by Gasteiger charge is 2.08. The summed E-state index contributed by atoms with van der Waals surface area (Å²) >= 11 is 0. The van der Waals surface area contributed by atoms with Crippen LogP contribution in [0.25, 0.3) is 22.0 Å². The zero-order valence-corrected chi connectivity index (χ0v) is 16.3. The number of aromatic nitrogens is 2. The summed E-state index contributed by atoms with van der Waals surface area (Å²) in [5.41, 5.74) is 5.42. The molecule has 0 aliphatic heterocycles.